The summed E-state index contributed by atoms with van der Waals surface area (Å²) in [6.07, 6.45) is 5.84. The molecule has 0 bridgehead atoms. The predicted octanol–water partition coefficient (Wildman–Crippen LogP) is 4.16. The molecule has 0 radical (unpaired) electrons. The smallest absolute Gasteiger partial charge is 0.310 e. The molecule has 4 nitrogen and oxygen atoms in total. The normalized spacial score (nSPS) is 17.7. The summed E-state index contributed by atoms with van der Waals surface area (Å²) in [6.45, 7) is 2.42. The van der Waals surface area contributed by atoms with E-state index in [4.69, 9.17) is 4.74 Å². The van der Waals surface area contributed by atoms with E-state index in [1.165, 1.54) is 25.3 Å². The summed E-state index contributed by atoms with van der Waals surface area (Å²) in [5.41, 5.74) is 1.08. The Hall–Kier alpha value is -1.23. The number of thiol groups is 1. The number of hydrogen-bond donors (Lipinski definition) is 1. The number of hydrogen-bond acceptors (Lipinski definition) is 4. The van der Waals surface area contributed by atoms with Crippen LogP contribution >= 0.6 is 12.6 Å². The van der Waals surface area contributed by atoms with E-state index in [0.717, 1.165) is 24.2 Å². The molecule has 0 aliphatic heterocycles. The Labute approximate surface area is 125 Å². The second-order valence-electron chi connectivity index (χ2n) is 5.74. The summed E-state index contributed by atoms with van der Waals surface area (Å²) in [6, 6.07) is 4.99. The Balaban J connectivity index is 2.13. The highest BCUT2D eigenvalue weighted by molar-refractivity contribution is 7.80. The Kier molecular flexibility index (Phi) is 4.91. The standard InChI is InChI=1S/C15H21NO3S/c1-12-5-6-13(16(17)18)14(9-12)19-10-15(11-20)7-3-2-4-8-15/h5-6,9,20H,2-4,7-8,10-11H2,1H3. The van der Waals surface area contributed by atoms with Crippen LogP contribution in [0.1, 0.15) is 37.7 Å². The minimum atomic E-state index is -0.386. The van der Waals surface area contributed by atoms with Gasteiger partial charge in [0.05, 0.1) is 11.5 Å². The number of benzene rings is 1. The van der Waals surface area contributed by atoms with Crippen LogP contribution in [0, 0.1) is 22.5 Å². The maximum absolute atomic E-state index is 11.0. The maximum atomic E-state index is 11.0. The van der Waals surface area contributed by atoms with Gasteiger partial charge in [-0.3, -0.25) is 10.1 Å². The zero-order chi connectivity index (χ0) is 14.6. The van der Waals surface area contributed by atoms with Crippen molar-refractivity contribution in [2.45, 2.75) is 39.0 Å². The van der Waals surface area contributed by atoms with Crippen LogP contribution in [0.4, 0.5) is 5.69 Å². The van der Waals surface area contributed by atoms with Crippen LogP contribution in [0.5, 0.6) is 5.75 Å². The largest absolute Gasteiger partial charge is 0.486 e. The van der Waals surface area contributed by atoms with Crippen molar-refractivity contribution in [1.82, 2.24) is 0 Å². The molecule has 0 heterocycles. The first-order valence-corrected chi connectivity index (χ1v) is 7.68. The Morgan fingerprint density at radius 1 is 1.35 bits per heavy atom. The molecule has 1 aliphatic carbocycles. The summed E-state index contributed by atoms with van der Waals surface area (Å²) in [5, 5.41) is 11.0. The first kappa shape index (κ1) is 15.2. The summed E-state index contributed by atoms with van der Waals surface area (Å²) in [5.74, 6) is 1.15. The van der Waals surface area contributed by atoms with Crippen molar-refractivity contribution < 1.29 is 9.66 Å². The van der Waals surface area contributed by atoms with Crippen molar-refractivity contribution in [3.8, 4) is 5.75 Å². The van der Waals surface area contributed by atoms with Crippen molar-refractivity contribution >= 4 is 18.3 Å². The second-order valence-corrected chi connectivity index (χ2v) is 6.05. The molecular weight excluding hydrogens is 274 g/mol. The van der Waals surface area contributed by atoms with Gasteiger partial charge in [-0.1, -0.05) is 25.3 Å². The van der Waals surface area contributed by atoms with Crippen molar-refractivity contribution in [3.63, 3.8) is 0 Å². The number of aryl methyl sites for hydroxylation is 1. The molecule has 0 unspecified atom stereocenters. The molecular formula is C15H21NO3S. The molecule has 0 saturated heterocycles. The zero-order valence-corrected chi connectivity index (χ0v) is 12.7. The summed E-state index contributed by atoms with van der Waals surface area (Å²) < 4.78 is 5.82. The molecule has 0 spiro atoms. The quantitative estimate of drug-likeness (QED) is 0.504. The fourth-order valence-electron chi connectivity index (χ4n) is 2.77. The molecule has 1 aromatic carbocycles. The third-order valence-electron chi connectivity index (χ3n) is 4.10. The van der Waals surface area contributed by atoms with E-state index in [1.54, 1.807) is 12.1 Å². The SMILES string of the molecule is Cc1ccc([N+](=O)[O-])c(OCC2(CS)CCCCC2)c1. The lowest BCUT2D eigenvalue weighted by Gasteiger charge is -2.35. The van der Waals surface area contributed by atoms with Crippen LogP contribution in [-0.2, 0) is 0 Å². The van der Waals surface area contributed by atoms with Crippen LogP contribution in [0.3, 0.4) is 0 Å². The number of rotatable bonds is 5. The molecule has 1 aromatic rings. The van der Waals surface area contributed by atoms with E-state index in [2.05, 4.69) is 12.6 Å². The summed E-state index contributed by atoms with van der Waals surface area (Å²) in [4.78, 5) is 10.7. The second kappa shape index (κ2) is 6.48. The average Bonchev–Trinajstić information content (AvgIpc) is 2.46. The van der Waals surface area contributed by atoms with Crippen LogP contribution in [0.15, 0.2) is 18.2 Å². The summed E-state index contributed by atoms with van der Waals surface area (Å²) >= 11 is 4.47. The molecule has 1 fully saturated rings. The highest BCUT2D eigenvalue weighted by atomic mass is 32.1. The van der Waals surface area contributed by atoms with Gasteiger partial charge in [0.25, 0.3) is 0 Å². The fraction of sp³-hybridized carbons (Fsp3) is 0.600. The molecule has 0 atom stereocenters. The van der Waals surface area contributed by atoms with E-state index >= 15 is 0 Å². The molecule has 0 amide bonds. The molecule has 0 N–H and O–H groups in total. The molecule has 2 rings (SSSR count). The lowest BCUT2D eigenvalue weighted by atomic mass is 9.76. The average molecular weight is 295 g/mol. The van der Waals surface area contributed by atoms with Crippen molar-refractivity contribution in [2.24, 2.45) is 5.41 Å². The highest BCUT2D eigenvalue weighted by Crippen LogP contribution is 2.39. The lowest BCUT2D eigenvalue weighted by Crippen LogP contribution is -2.33. The molecule has 5 heteroatoms. The van der Waals surface area contributed by atoms with E-state index in [1.807, 2.05) is 6.92 Å². The summed E-state index contributed by atoms with van der Waals surface area (Å²) in [7, 11) is 0. The van der Waals surface area contributed by atoms with E-state index in [-0.39, 0.29) is 16.0 Å². The lowest BCUT2D eigenvalue weighted by molar-refractivity contribution is -0.386. The monoisotopic (exact) mass is 295 g/mol. The van der Waals surface area contributed by atoms with Crippen molar-refractivity contribution in [2.75, 3.05) is 12.4 Å². The van der Waals surface area contributed by atoms with Crippen LogP contribution in [-0.4, -0.2) is 17.3 Å². The van der Waals surface area contributed by atoms with E-state index in [9.17, 15) is 10.1 Å². The molecule has 0 aromatic heterocycles. The van der Waals surface area contributed by atoms with Gasteiger partial charge < -0.3 is 4.74 Å². The predicted molar refractivity (Wildman–Crippen MR) is 82.7 cm³/mol. The van der Waals surface area contributed by atoms with Gasteiger partial charge in [0.1, 0.15) is 0 Å². The Morgan fingerprint density at radius 3 is 2.65 bits per heavy atom. The first-order valence-electron chi connectivity index (χ1n) is 7.05. The Morgan fingerprint density at radius 2 is 2.05 bits per heavy atom. The maximum Gasteiger partial charge on any atom is 0.310 e. The van der Waals surface area contributed by atoms with Gasteiger partial charge in [-0.05, 0) is 37.1 Å². The van der Waals surface area contributed by atoms with Crippen molar-refractivity contribution in [3.05, 3.63) is 33.9 Å². The van der Waals surface area contributed by atoms with Crippen LogP contribution in [0.25, 0.3) is 0 Å². The number of nitro benzene ring substituents is 1. The van der Waals surface area contributed by atoms with Gasteiger partial charge in [-0.15, -0.1) is 0 Å². The third-order valence-corrected chi connectivity index (χ3v) is 4.77. The van der Waals surface area contributed by atoms with Crippen molar-refractivity contribution in [1.29, 1.82) is 0 Å². The van der Waals surface area contributed by atoms with Gasteiger partial charge in [-0.2, -0.15) is 12.6 Å². The van der Waals surface area contributed by atoms with Crippen LogP contribution in [0.2, 0.25) is 0 Å². The van der Waals surface area contributed by atoms with E-state index in [0.29, 0.717) is 12.4 Å². The number of nitro groups is 1. The Bertz CT molecular complexity index is 484. The van der Waals surface area contributed by atoms with Crippen LogP contribution < -0.4 is 4.74 Å². The topological polar surface area (TPSA) is 52.4 Å². The minimum Gasteiger partial charge on any atom is -0.486 e. The fourth-order valence-corrected chi connectivity index (χ4v) is 3.18. The van der Waals surface area contributed by atoms with Gasteiger partial charge >= 0.3 is 5.69 Å². The molecule has 20 heavy (non-hydrogen) atoms. The molecule has 110 valence electrons. The third kappa shape index (κ3) is 3.45. The minimum absolute atomic E-state index is 0.0423. The first-order chi connectivity index (χ1) is 9.56. The van der Waals surface area contributed by atoms with Gasteiger partial charge in [-0.25, -0.2) is 0 Å². The van der Waals surface area contributed by atoms with E-state index < -0.39 is 0 Å². The zero-order valence-electron chi connectivity index (χ0n) is 11.8. The van der Waals surface area contributed by atoms with Gasteiger partial charge in [0.15, 0.2) is 5.75 Å². The number of ether oxygens (including phenoxy) is 1. The van der Waals surface area contributed by atoms with Gasteiger partial charge in [0.2, 0.25) is 0 Å². The molecule has 1 aliphatic rings. The van der Waals surface area contributed by atoms with Gasteiger partial charge in [0, 0.05) is 11.5 Å². The number of nitrogens with zero attached hydrogens (tertiary/aromatic N) is 1. The molecule has 1 saturated carbocycles. The highest BCUT2D eigenvalue weighted by Gasteiger charge is 2.32.